The van der Waals surface area contributed by atoms with Gasteiger partial charge in [-0.3, -0.25) is 9.78 Å². The van der Waals surface area contributed by atoms with Crippen LogP contribution < -0.4 is 15.0 Å². The minimum Gasteiger partial charge on any atom is -0.451 e. The third-order valence-corrected chi connectivity index (χ3v) is 5.74. The van der Waals surface area contributed by atoms with E-state index >= 15 is 4.39 Å². The maximum absolute atomic E-state index is 15.2. The van der Waals surface area contributed by atoms with Crippen LogP contribution in [-0.2, 0) is 4.74 Å². The first-order valence-electron chi connectivity index (χ1n) is 10.9. The van der Waals surface area contributed by atoms with Gasteiger partial charge in [0.2, 0.25) is 11.6 Å². The Kier molecular flexibility index (Phi) is 6.62. The van der Waals surface area contributed by atoms with E-state index in [2.05, 4.69) is 15.3 Å². The lowest BCUT2D eigenvalue weighted by atomic mass is 10.2. The van der Waals surface area contributed by atoms with Crippen molar-refractivity contribution in [1.29, 1.82) is 0 Å². The topological polar surface area (TPSA) is 76.6 Å². The number of aromatic nitrogens is 2. The Morgan fingerprint density at radius 2 is 1.83 bits per heavy atom. The van der Waals surface area contributed by atoms with Gasteiger partial charge in [-0.1, -0.05) is 17.7 Å². The molecule has 1 saturated heterocycles. The summed E-state index contributed by atoms with van der Waals surface area (Å²) in [5.74, 6) is -5.36. The number of amides is 1. The van der Waals surface area contributed by atoms with Gasteiger partial charge in [0.15, 0.2) is 11.6 Å². The Bertz CT molecular complexity index is 1460. The molecule has 1 aliphatic rings. The van der Waals surface area contributed by atoms with E-state index in [1.165, 1.54) is 30.3 Å². The smallest absolute Gasteiger partial charge is 0.255 e. The first-order chi connectivity index (χ1) is 17.4. The maximum Gasteiger partial charge on any atom is 0.255 e. The van der Waals surface area contributed by atoms with Gasteiger partial charge in [0.05, 0.1) is 36.1 Å². The van der Waals surface area contributed by atoms with E-state index in [9.17, 15) is 13.6 Å². The first kappa shape index (κ1) is 23.8. The fourth-order valence-electron chi connectivity index (χ4n) is 3.69. The van der Waals surface area contributed by atoms with Crippen LogP contribution in [0.4, 0.5) is 24.7 Å². The molecule has 1 aromatic heterocycles. The monoisotopic (exact) mass is 514 g/mol. The van der Waals surface area contributed by atoms with Crippen LogP contribution in [0.2, 0.25) is 5.02 Å². The molecule has 184 valence electrons. The summed E-state index contributed by atoms with van der Waals surface area (Å²) >= 11 is 5.88. The Labute approximate surface area is 208 Å². The van der Waals surface area contributed by atoms with Crippen molar-refractivity contribution < 1.29 is 27.4 Å². The molecule has 7 nitrogen and oxygen atoms in total. The summed E-state index contributed by atoms with van der Waals surface area (Å²) < 4.78 is 54.8. The number of benzene rings is 3. The van der Waals surface area contributed by atoms with E-state index in [-0.39, 0.29) is 16.3 Å². The molecule has 0 aliphatic carbocycles. The predicted molar refractivity (Wildman–Crippen MR) is 128 cm³/mol. The molecule has 0 saturated carbocycles. The number of hydrogen-bond acceptors (Lipinski definition) is 6. The molecular weight excluding hydrogens is 497 g/mol. The highest BCUT2D eigenvalue weighted by Crippen LogP contribution is 2.35. The Balaban J connectivity index is 1.44. The molecule has 5 rings (SSSR count). The van der Waals surface area contributed by atoms with Crippen molar-refractivity contribution in [2.75, 3.05) is 36.5 Å². The van der Waals surface area contributed by atoms with Gasteiger partial charge in [0.1, 0.15) is 11.6 Å². The number of carbonyl (C=O) groups is 1. The van der Waals surface area contributed by atoms with Crippen molar-refractivity contribution in [3.8, 4) is 11.5 Å². The number of morpholine rings is 1. The van der Waals surface area contributed by atoms with Crippen LogP contribution in [0.15, 0.2) is 54.7 Å². The van der Waals surface area contributed by atoms with Crippen molar-refractivity contribution in [2.24, 2.45) is 0 Å². The normalized spacial score (nSPS) is 13.6. The minimum absolute atomic E-state index is 0.00597. The summed E-state index contributed by atoms with van der Waals surface area (Å²) in [7, 11) is 0. The zero-order valence-electron chi connectivity index (χ0n) is 18.6. The minimum atomic E-state index is -1.54. The van der Waals surface area contributed by atoms with Crippen molar-refractivity contribution >= 4 is 40.0 Å². The molecule has 11 heteroatoms. The second-order valence-corrected chi connectivity index (χ2v) is 8.34. The lowest BCUT2D eigenvalue weighted by Crippen LogP contribution is -2.36. The number of carbonyl (C=O) groups excluding carboxylic acids is 1. The lowest BCUT2D eigenvalue weighted by molar-refractivity contribution is 0.102. The van der Waals surface area contributed by atoms with E-state index in [4.69, 9.17) is 21.1 Å². The molecule has 0 bridgehead atoms. The highest BCUT2D eigenvalue weighted by Gasteiger charge is 2.23. The standard InChI is InChI=1S/C25H18ClF3N4O3/c26-15-3-1-2-14(10-15)25(34)32-20-12-17(27)22(28)24(23(20)29)36-16-4-5-18-19(11-16)31-21(13-30-18)33-6-8-35-9-7-33/h1-5,10-13H,6-9H2,(H,32,34). The van der Waals surface area contributed by atoms with Gasteiger partial charge in [0, 0.05) is 35.8 Å². The fraction of sp³-hybridized carbons (Fsp3) is 0.160. The van der Waals surface area contributed by atoms with E-state index in [1.54, 1.807) is 18.3 Å². The molecular formula is C25H18ClF3N4O3. The van der Waals surface area contributed by atoms with Gasteiger partial charge in [0.25, 0.3) is 5.91 Å². The van der Waals surface area contributed by atoms with Crippen molar-refractivity contribution in [3.63, 3.8) is 0 Å². The van der Waals surface area contributed by atoms with Crippen LogP contribution in [-0.4, -0.2) is 42.2 Å². The number of anilines is 2. The zero-order chi connectivity index (χ0) is 25.2. The van der Waals surface area contributed by atoms with Gasteiger partial charge in [-0.2, -0.15) is 4.39 Å². The summed E-state index contributed by atoms with van der Waals surface area (Å²) in [6, 6.07) is 10.9. The third kappa shape index (κ3) is 4.91. The predicted octanol–water partition coefficient (Wildman–Crippen LogP) is 5.58. The van der Waals surface area contributed by atoms with Crippen LogP contribution >= 0.6 is 11.6 Å². The van der Waals surface area contributed by atoms with Crippen molar-refractivity contribution in [2.45, 2.75) is 0 Å². The second kappa shape index (κ2) is 10.00. The summed E-state index contributed by atoms with van der Waals surface area (Å²) in [6.45, 7) is 2.44. The van der Waals surface area contributed by atoms with E-state index in [0.29, 0.717) is 49.2 Å². The SMILES string of the molecule is O=C(Nc1cc(F)c(F)c(Oc2ccc3ncc(N4CCOCC4)nc3c2)c1F)c1cccc(Cl)c1. The maximum atomic E-state index is 15.2. The van der Waals surface area contributed by atoms with Crippen LogP contribution in [0, 0.1) is 17.5 Å². The molecule has 1 aliphatic heterocycles. The molecule has 1 amide bonds. The number of ether oxygens (including phenoxy) is 2. The number of fused-ring (bicyclic) bond motifs is 1. The van der Waals surface area contributed by atoms with Crippen LogP contribution in [0.3, 0.4) is 0 Å². The largest absolute Gasteiger partial charge is 0.451 e. The number of rotatable bonds is 5. The van der Waals surface area contributed by atoms with Gasteiger partial charge in [-0.15, -0.1) is 0 Å². The molecule has 4 aromatic rings. The average molecular weight is 515 g/mol. The van der Waals surface area contributed by atoms with Crippen LogP contribution in [0.1, 0.15) is 10.4 Å². The molecule has 0 radical (unpaired) electrons. The van der Waals surface area contributed by atoms with Crippen molar-refractivity contribution in [3.05, 3.63) is 82.8 Å². The van der Waals surface area contributed by atoms with E-state index < -0.39 is 34.8 Å². The lowest BCUT2D eigenvalue weighted by Gasteiger charge is -2.27. The Morgan fingerprint density at radius 3 is 2.61 bits per heavy atom. The second-order valence-electron chi connectivity index (χ2n) is 7.91. The van der Waals surface area contributed by atoms with Gasteiger partial charge >= 0.3 is 0 Å². The Morgan fingerprint density at radius 1 is 1.03 bits per heavy atom. The highest BCUT2D eigenvalue weighted by molar-refractivity contribution is 6.31. The van der Waals surface area contributed by atoms with Crippen molar-refractivity contribution in [1.82, 2.24) is 9.97 Å². The van der Waals surface area contributed by atoms with Crippen LogP contribution in [0.25, 0.3) is 11.0 Å². The third-order valence-electron chi connectivity index (χ3n) is 5.51. The summed E-state index contributed by atoms with van der Waals surface area (Å²) in [5, 5.41) is 2.51. The fourth-order valence-corrected chi connectivity index (χ4v) is 3.88. The highest BCUT2D eigenvalue weighted by atomic mass is 35.5. The number of halogens is 4. The molecule has 0 unspecified atom stereocenters. The summed E-state index contributed by atoms with van der Waals surface area (Å²) in [6.07, 6.45) is 1.63. The molecule has 2 heterocycles. The average Bonchev–Trinajstić information content (AvgIpc) is 2.89. The van der Waals surface area contributed by atoms with Gasteiger partial charge < -0.3 is 19.7 Å². The molecule has 3 aromatic carbocycles. The van der Waals surface area contributed by atoms with E-state index in [0.717, 1.165) is 0 Å². The molecule has 0 spiro atoms. The quantitative estimate of drug-likeness (QED) is 0.350. The number of hydrogen-bond donors (Lipinski definition) is 1. The summed E-state index contributed by atoms with van der Waals surface area (Å²) in [4.78, 5) is 23.4. The summed E-state index contributed by atoms with van der Waals surface area (Å²) in [5.41, 5.74) is 0.472. The van der Waals surface area contributed by atoms with Crippen LogP contribution in [0.5, 0.6) is 11.5 Å². The number of nitrogens with zero attached hydrogens (tertiary/aromatic N) is 3. The molecule has 1 N–H and O–H groups in total. The number of nitrogens with one attached hydrogen (secondary N) is 1. The van der Waals surface area contributed by atoms with Gasteiger partial charge in [-0.05, 0) is 30.3 Å². The molecule has 0 atom stereocenters. The zero-order valence-corrected chi connectivity index (χ0v) is 19.4. The molecule has 1 fully saturated rings. The molecule has 36 heavy (non-hydrogen) atoms. The first-order valence-corrected chi connectivity index (χ1v) is 11.3. The van der Waals surface area contributed by atoms with Gasteiger partial charge in [-0.25, -0.2) is 13.8 Å². The van der Waals surface area contributed by atoms with E-state index in [1.807, 2.05) is 4.90 Å². The Hall–Kier alpha value is -3.89.